The van der Waals surface area contributed by atoms with Gasteiger partial charge in [0.15, 0.2) is 9.84 Å². The molecule has 0 saturated carbocycles. The number of amides is 3. The minimum absolute atomic E-state index is 0.0639. The van der Waals surface area contributed by atoms with Crippen LogP contribution in [0.3, 0.4) is 0 Å². The summed E-state index contributed by atoms with van der Waals surface area (Å²) >= 11 is 0. The highest BCUT2D eigenvalue weighted by atomic mass is 32.2. The molecule has 0 spiro atoms. The number of carbonyl (C=O) groups is 3. The predicted octanol–water partition coefficient (Wildman–Crippen LogP) is 3.29. The number of halogens is 1. The van der Waals surface area contributed by atoms with Gasteiger partial charge in [-0.05, 0) is 47.5 Å². The van der Waals surface area contributed by atoms with E-state index in [9.17, 15) is 27.2 Å². The summed E-state index contributed by atoms with van der Waals surface area (Å²) in [5.74, 6) is -1.17. The number of hydrogen-bond donors (Lipinski definition) is 2. The maximum atomic E-state index is 15.0. The number of rotatable bonds is 8. The van der Waals surface area contributed by atoms with E-state index >= 15 is 0 Å². The van der Waals surface area contributed by atoms with Crippen LogP contribution >= 0.6 is 0 Å². The van der Waals surface area contributed by atoms with Gasteiger partial charge in [0.2, 0.25) is 5.91 Å². The molecule has 3 aromatic rings. The summed E-state index contributed by atoms with van der Waals surface area (Å²) in [4.78, 5) is 37.1. The lowest BCUT2D eigenvalue weighted by atomic mass is 10.0. The van der Waals surface area contributed by atoms with Crippen molar-refractivity contribution in [2.24, 2.45) is 0 Å². The first-order valence-corrected chi connectivity index (χ1v) is 13.6. The molecular formula is C27H26FN3O6S. The fourth-order valence-corrected chi connectivity index (χ4v) is 4.62. The van der Waals surface area contributed by atoms with E-state index in [1.54, 1.807) is 36.4 Å². The Bertz CT molecular complexity index is 1490. The zero-order chi connectivity index (χ0) is 27.4. The van der Waals surface area contributed by atoms with Gasteiger partial charge in [-0.2, -0.15) is 0 Å². The highest BCUT2D eigenvalue weighted by Gasteiger charge is 2.32. The van der Waals surface area contributed by atoms with Crippen LogP contribution in [-0.4, -0.2) is 51.8 Å². The Hall–Kier alpha value is -4.25. The second-order valence-corrected chi connectivity index (χ2v) is 10.9. The number of anilines is 1. The summed E-state index contributed by atoms with van der Waals surface area (Å²) in [6.45, 7) is 1.93. The Kier molecular flexibility index (Phi) is 7.77. The van der Waals surface area contributed by atoms with Gasteiger partial charge in [-0.25, -0.2) is 17.6 Å². The van der Waals surface area contributed by atoms with Crippen molar-refractivity contribution in [2.75, 3.05) is 24.2 Å². The second kappa shape index (κ2) is 11.0. The van der Waals surface area contributed by atoms with Gasteiger partial charge in [0.1, 0.15) is 11.9 Å². The average molecular weight is 540 g/mol. The number of hydrogen-bond acceptors (Lipinski definition) is 6. The van der Waals surface area contributed by atoms with E-state index in [4.69, 9.17) is 4.74 Å². The van der Waals surface area contributed by atoms with E-state index in [1.807, 2.05) is 0 Å². The molecule has 1 fully saturated rings. The van der Waals surface area contributed by atoms with Crippen LogP contribution in [-0.2, 0) is 25.9 Å². The van der Waals surface area contributed by atoms with Crippen LogP contribution in [0.5, 0.6) is 0 Å². The zero-order valence-electron chi connectivity index (χ0n) is 20.7. The Labute approximate surface area is 219 Å². The first kappa shape index (κ1) is 26.8. The highest BCUT2D eigenvalue weighted by Crippen LogP contribution is 2.29. The zero-order valence-corrected chi connectivity index (χ0v) is 21.5. The number of sulfone groups is 1. The molecule has 11 heteroatoms. The quantitative estimate of drug-likeness (QED) is 0.453. The van der Waals surface area contributed by atoms with E-state index in [1.165, 1.54) is 42.2 Å². The third-order valence-electron chi connectivity index (χ3n) is 5.96. The first-order valence-electron chi connectivity index (χ1n) is 11.7. The fraction of sp³-hybridized carbons (Fsp3) is 0.222. The standard InChI is InChI=1S/C27H26FN3O6S/c1-17(32)29-15-22-16-31(27(34)37-22)21-10-11-24(25(28)13-21)19-8-6-18(7-9-19)14-30-26(33)20-4-3-5-23(12-20)38(2,35)36/h3-13,22H,14-16H2,1-2H3,(H,29,32)(H,30,33)/t22-/m0/s1. The molecule has 9 nitrogen and oxygen atoms in total. The summed E-state index contributed by atoms with van der Waals surface area (Å²) in [5.41, 5.74) is 2.29. The highest BCUT2D eigenvalue weighted by molar-refractivity contribution is 7.90. The van der Waals surface area contributed by atoms with Crippen molar-refractivity contribution < 1.29 is 31.9 Å². The molecule has 1 aliphatic rings. The van der Waals surface area contributed by atoms with E-state index in [2.05, 4.69) is 10.6 Å². The molecule has 1 aliphatic heterocycles. The van der Waals surface area contributed by atoms with Crippen LogP contribution in [0.2, 0.25) is 0 Å². The third kappa shape index (κ3) is 6.35. The minimum atomic E-state index is -3.43. The van der Waals surface area contributed by atoms with Crippen LogP contribution in [0.1, 0.15) is 22.8 Å². The van der Waals surface area contributed by atoms with Crippen molar-refractivity contribution in [2.45, 2.75) is 24.5 Å². The molecule has 0 aliphatic carbocycles. The van der Waals surface area contributed by atoms with Gasteiger partial charge in [0.25, 0.3) is 5.91 Å². The lowest BCUT2D eigenvalue weighted by Crippen LogP contribution is -2.33. The van der Waals surface area contributed by atoms with Crippen molar-refractivity contribution >= 4 is 33.4 Å². The Morgan fingerprint density at radius 2 is 1.79 bits per heavy atom. The molecule has 0 radical (unpaired) electrons. The van der Waals surface area contributed by atoms with Gasteiger partial charge in [0, 0.05) is 30.9 Å². The lowest BCUT2D eigenvalue weighted by molar-refractivity contribution is -0.119. The Morgan fingerprint density at radius 3 is 2.45 bits per heavy atom. The monoisotopic (exact) mass is 539 g/mol. The number of carbonyl (C=O) groups excluding carboxylic acids is 3. The number of nitrogens with zero attached hydrogens (tertiary/aromatic N) is 1. The third-order valence-corrected chi connectivity index (χ3v) is 7.07. The van der Waals surface area contributed by atoms with Gasteiger partial charge < -0.3 is 15.4 Å². The van der Waals surface area contributed by atoms with E-state index in [-0.39, 0.29) is 36.0 Å². The summed E-state index contributed by atoms with van der Waals surface area (Å²) in [5, 5.41) is 5.34. The number of cyclic esters (lactones) is 1. The van der Waals surface area contributed by atoms with Crippen molar-refractivity contribution in [3.63, 3.8) is 0 Å². The van der Waals surface area contributed by atoms with Gasteiger partial charge >= 0.3 is 6.09 Å². The summed E-state index contributed by atoms with van der Waals surface area (Å²) in [6, 6.07) is 17.2. The number of nitrogens with one attached hydrogen (secondary N) is 2. The first-order chi connectivity index (χ1) is 18.0. The SMILES string of the molecule is CC(=O)NC[C@H]1CN(c2ccc(-c3ccc(CNC(=O)c4cccc(S(C)(=O)=O)c4)cc3)c(F)c2)C(=O)O1. The van der Waals surface area contributed by atoms with E-state index in [0.29, 0.717) is 16.8 Å². The normalized spacial score (nSPS) is 15.2. The van der Waals surface area contributed by atoms with Crippen LogP contribution in [0.15, 0.2) is 71.6 Å². The van der Waals surface area contributed by atoms with Crippen molar-refractivity contribution in [1.29, 1.82) is 0 Å². The molecule has 1 saturated heterocycles. The van der Waals surface area contributed by atoms with Crippen molar-refractivity contribution in [3.05, 3.63) is 83.7 Å². The molecule has 0 aromatic heterocycles. The molecule has 38 heavy (non-hydrogen) atoms. The largest absolute Gasteiger partial charge is 0.442 e. The molecule has 0 bridgehead atoms. The molecule has 1 atom stereocenters. The minimum Gasteiger partial charge on any atom is -0.442 e. The van der Waals surface area contributed by atoms with Crippen molar-refractivity contribution in [1.82, 2.24) is 10.6 Å². The van der Waals surface area contributed by atoms with E-state index < -0.39 is 33.8 Å². The summed E-state index contributed by atoms with van der Waals surface area (Å²) in [7, 11) is -3.43. The lowest BCUT2D eigenvalue weighted by Gasteiger charge is -2.15. The molecule has 0 unspecified atom stereocenters. The van der Waals surface area contributed by atoms with Gasteiger partial charge in [0.05, 0.1) is 23.7 Å². The predicted molar refractivity (Wildman–Crippen MR) is 139 cm³/mol. The Balaban J connectivity index is 1.39. The molecule has 4 rings (SSSR count). The van der Waals surface area contributed by atoms with Gasteiger partial charge in [-0.3, -0.25) is 14.5 Å². The van der Waals surface area contributed by atoms with Gasteiger partial charge in [-0.15, -0.1) is 0 Å². The van der Waals surface area contributed by atoms with Crippen LogP contribution in [0.4, 0.5) is 14.9 Å². The van der Waals surface area contributed by atoms with E-state index in [0.717, 1.165) is 11.8 Å². The summed E-state index contributed by atoms with van der Waals surface area (Å²) < 4.78 is 43.7. The number of ether oxygens (including phenoxy) is 1. The average Bonchev–Trinajstić information content (AvgIpc) is 3.26. The molecule has 198 valence electrons. The summed E-state index contributed by atoms with van der Waals surface area (Å²) in [6.07, 6.45) is -0.0543. The topological polar surface area (TPSA) is 122 Å². The fourth-order valence-electron chi connectivity index (χ4n) is 3.96. The maximum absolute atomic E-state index is 15.0. The molecule has 3 amide bonds. The second-order valence-electron chi connectivity index (χ2n) is 8.90. The molecule has 2 N–H and O–H groups in total. The maximum Gasteiger partial charge on any atom is 0.414 e. The van der Waals surface area contributed by atoms with Crippen LogP contribution < -0.4 is 15.5 Å². The molecule has 1 heterocycles. The van der Waals surface area contributed by atoms with Crippen LogP contribution in [0, 0.1) is 5.82 Å². The van der Waals surface area contributed by atoms with Gasteiger partial charge in [-0.1, -0.05) is 30.3 Å². The number of benzene rings is 3. The van der Waals surface area contributed by atoms with Crippen LogP contribution in [0.25, 0.3) is 11.1 Å². The molecule has 3 aromatic carbocycles. The smallest absolute Gasteiger partial charge is 0.414 e. The van der Waals surface area contributed by atoms with Crippen molar-refractivity contribution in [3.8, 4) is 11.1 Å². The molecular weight excluding hydrogens is 513 g/mol. The Morgan fingerprint density at radius 1 is 1.05 bits per heavy atom.